The summed E-state index contributed by atoms with van der Waals surface area (Å²) in [6, 6.07) is 3.89. The van der Waals surface area contributed by atoms with E-state index < -0.39 is 12.2 Å². The molecule has 0 bridgehead atoms. The van der Waals surface area contributed by atoms with Crippen molar-refractivity contribution in [2.75, 3.05) is 0 Å². The van der Waals surface area contributed by atoms with Crippen molar-refractivity contribution in [3.8, 4) is 0 Å². The standard InChI is InChI=1S/C12H18O2/c1-7-5-11(9(3)13)12(10(4)14)6-8(7)2/h5-6,9-10,13-14H,1-4H3. The summed E-state index contributed by atoms with van der Waals surface area (Å²) < 4.78 is 0. The van der Waals surface area contributed by atoms with Crippen molar-refractivity contribution in [3.63, 3.8) is 0 Å². The van der Waals surface area contributed by atoms with Crippen LogP contribution in [0.4, 0.5) is 0 Å². The minimum Gasteiger partial charge on any atom is -0.389 e. The van der Waals surface area contributed by atoms with Crippen molar-refractivity contribution >= 4 is 0 Å². The van der Waals surface area contributed by atoms with Gasteiger partial charge >= 0.3 is 0 Å². The Kier molecular flexibility index (Phi) is 3.29. The molecule has 1 rings (SSSR count). The van der Waals surface area contributed by atoms with E-state index in [-0.39, 0.29) is 0 Å². The van der Waals surface area contributed by atoms with Crippen LogP contribution in [-0.2, 0) is 0 Å². The van der Waals surface area contributed by atoms with Gasteiger partial charge in [0.1, 0.15) is 0 Å². The number of benzene rings is 1. The summed E-state index contributed by atoms with van der Waals surface area (Å²) >= 11 is 0. The molecular formula is C12H18O2. The molecule has 0 radical (unpaired) electrons. The Morgan fingerprint density at radius 2 is 1.14 bits per heavy atom. The van der Waals surface area contributed by atoms with Crippen LogP contribution in [-0.4, -0.2) is 10.2 Å². The zero-order valence-corrected chi connectivity index (χ0v) is 9.20. The van der Waals surface area contributed by atoms with E-state index in [9.17, 15) is 10.2 Å². The molecule has 0 spiro atoms. The molecule has 0 amide bonds. The molecule has 2 atom stereocenters. The molecule has 2 N–H and O–H groups in total. The minimum atomic E-state index is -0.529. The van der Waals surface area contributed by atoms with Gasteiger partial charge in [-0.2, -0.15) is 0 Å². The second-order valence-electron chi connectivity index (χ2n) is 3.92. The van der Waals surface area contributed by atoms with Gasteiger partial charge < -0.3 is 10.2 Å². The second-order valence-corrected chi connectivity index (χ2v) is 3.92. The van der Waals surface area contributed by atoms with Gasteiger partial charge in [-0.15, -0.1) is 0 Å². The molecular weight excluding hydrogens is 176 g/mol. The topological polar surface area (TPSA) is 40.5 Å². The number of rotatable bonds is 2. The Hall–Kier alpha value is -0.860. The van der Waals surface area contributed by atoms with Gasteiger partial charge in [0.2, 0.25) is 0 Å². The average Bonchev–Trinajstić information content (AvgIpc) is 2.08. The normalized spacial score (nSPS) is 15.3. The van der Waals surface area contributed by atoms with Gasteiger partial charge in [-0.05, 0) is 49.9 Å². The third kappa shape index (κ3) is 2.14. The predicted molar refractivity (Wildman–Crippen MR) is 57.2 cm³/mol. The van der Waals surface area contributed by atoms with E-state index in [0.717, 1.165) is 22.3 Å². The number of aryl methyl sites for hydroxylation is 2. The van der Waals surface area contributed by atoms with Crippen LogP contribution < -0.4 is 0 Å². The van der Waals surface area contributed by atoms with Crippen LogP contribution in [0.15, 0.2) is 12.1 Å². The fourth-order valence-electron chi connectivity index (χ4n) is 1.58. The summed E-state index contributed by atoms with van der Waals surface area (Å²) in [5.41, 5.74) is 3.93. The first-order valence-corrected chi connectivity index (χ1v) is 4.90. The van der Waals surface area contributed by atoms with E-state index in [4.69, 9.17) is 0 Å². The van der Waals surface area contributed by atoms with Gasteiger partial charge in [0.15, 0.2) is 0 Å². The summed E-state index contributed by atoms with van der Waals surface area (Å²) in [6.07, 6.45) is -1.06. The highest BCUT2D eigenvalue weighted by Crippen LogP contribution is 2.26. The quantitative estimate of drug-likeness (QED) is 0.759. The molecule has 0 aromatic heterocycles. The van der Waals surface area contributed by atoms with Gasteiger partial charge in [-0.3, -0.25) is 0 Å². The molecule has 0 fully saturated rings. The van der Waals surface area contributed by atoms with Crippen LogP contribution in [0.2, 0.25) is 0 Å². The third-order valence-corrected chi connectivity index (χ3v) is 2.60. The van der Waals surface area contributed by atoms with Crippen molar-refractivity contribution < 1.29 is 10.2 Å². The van der Waals surface area contributed by atoms with Crippen LogP contribution in [0.5, 0.6) is 0 Å². The number of hydrogen-bond donors (Lipinski definition) is 2. The minimum absolute atomic E-state index is 0.529. The van der Waals surface area contributed by atoms with Gasteiger partial charge in [0.05, 0.1) is 12.2 Å². The van der Waals surface area contributed by atoms with Crippen LogP contribution in [0, 0.1) is 13.8 Å². The van der Waals surface area contributed by atoms with Gasteiger partial charge in [-0.1, -0.05) is 12.1 Å². The highest BCUT2D eigenvalue weighted by atomic mass is 16.3. The first kappa shape index (κ1) is 11.2. The summed E-state index contributed by atoms with van der Waals surface area (Å²) in [7, 11) is 0. The lowest BCUT2D eigenvalue weighted by Gasteiger charge is -2.16. The lowest BCUT2D eigenvalue weighted by molar-refractivity contribution is 0.175. The average molecular weight is 194 g/mol. The van der Waals surface area contributed by atoms with E-state index >= 15 is 0 Å². The molecule has 14 heavy (non-hydrogen) atoms. The molecule has 0 heterocycles. The van der Waals surface area contributed by atoms with E-state index in [1.165, 1.54) is 0 Å². The summed E-state index contributed by atoms with van der Waals surface area (Å²) in [5.74, 6) is 0. The van der Waals surface area contributed by atoms with E-state index in [1.54, 1.807) is 13.8 Å². The highest BCUT2D eigenvalue weighted by Gasteiger charge is 2.13. The maximum atomic E-state index is 9.56. The van der Waals surface area contributed by atoms with Gasteiger partial charge in [-0.25, -0.2) is 0 Å². The highest BCUT2D eigenvalue weighted by molar-refractivity contribution is 5.39. The molecule has 2 nitrogen and oxygen atoms in total. The zero-order valence-electron chi connectivity index (χ0n) is 9.20. The summed E-state index contributed by atoms with van der Waals surface area (Å²) in [5, 5.41) is 19.1. The van der Waals surface area contributed by atoms with Gasteiger partial charge in [0.25, 0.3) is 0 Å². The Bertz CT molecular complexity index is 294. The molecule has 0 aliphatic carbocycles. The zero-order chi connectivity index (χ0) is 10.9. The largest absolute Gasteiger partial charge is 0.389 e. The Balaban J connectivity index is 3.31. The predicted octanol–water partition coefficient (Wildman–Crippen LogP) is 2.41. The molecule has 0 saturated heterocycles. The Labute approximate surface area is 85.2 Å². The summed E-state index contributed by atoms with van der Waals surface area (Å²) in [6.45, 7) is 7.45. The van der Waals surface area contributed by atoms with Crippen molar-refractivity contribution in [3.05, 3.63) is 34.4 Å². The molecule has 0 saturated carbocycles. The van der Waals surface area contributed by atoms with E-state index in [0.29, 0.717) is 0 Å². The third-order valence-electron chi connectivity index (χ3n) is 2.60. The fraction of sp³-hybridized carbons (Fsp3) is 0.500. The van der Waals surface area contributed by atoms with Crippen LogP contribution in [0.25, 0.3) is 0 Å². The van der Waals surface area contributed by atoms with Crippen molar-refractivity contribution in [1.29, 1.82) is 0 Å². The molecule has 1 aromatic rings. The fourth-order valence-corrected chi connectivity index (χ4v) is 1.58. The molecule has 0 aliphatic heterocycles. The van der Waals surface area contributed by atoms with Gasteiger partial charge in [0, 0.05) is 0 Å². The lowest BCUT2D eigenvalue weighted by Crippen LogP contribution is -2.03. The van der Waals surface area contributed by atoms with E-state index in [1.807, 2.05) is 26.0 Å². The molecule has 0 aliphatic rings. The monoisotopic (exact) mass is 194 g/mol. The second kappa shape index (κ2) is 4.11. The lowest BCUT2D eigenvalue weighted by atomic mass is 9.94. The van der Waals surface area contributed by atoms with Crippen molar-refractivity contribution in [2.45, 2.75) is 39.9 Å². The maximum absolute atomic E-state index is 9.56. The first-order chi connectivity index (χ1) is 6.43. The molecule has 78 valence electrons. The molecule has 1 aromatic carbocycles. The SMILES string of the molecule is Cc1cc(C(C)O)c(C(C)O)cc1C. The Morgan fingerprint density at radius 3 is 1.36 bits per heavy atom. The maximum Gasteiger partial charge on any atom is 0.0765 e. The van der Waals surface area contributed by atoms with Crippen LogP contribution in [0.1, 0.15) is 48.3 Å². The number of aliphatic hydroxyl groups is 2. The van der Waals surface area contributed by atoms with Crippen molar-refractivity contribution in [1.82, 2.24) is 0 Å². The Morgan fingerprint density at radius 1 is 0.857 bits per heavy atom. The smallest absolute Gasteiger partial charge is 0.0765 e. The molecule has 2 unspecified atom stereocenters. The van der Waals surface area contributed by atoms with E-state index in [2.05, 4.69) is 0 Å². The van der Waals surface area contributed by atoms with Crippen LogP contribution >= 0.6 is 0 Å². The van der Waals surface area contributed by atoms with Crippen LogP contribution in [0.3, 0.4) is 0 Å². The van der Waals surface area contributed by atoms with Crippen molar-refractivity contribution in [2.24, 2.45) is 0 Å². The first-order valence-electron chi connectivity index (χ1n) is 4.90. The number of hydrogen-bond acceptors (Lipinski definition) is 2. The summed E-state index contributed by atoms with van der Waals surface area (Å²) in [4.78, 5) is 0. The number of aliphatic hydroxyl groups excluding tert-OH is 2. The molecule has 2 heteroatoms.